The summed E-state index contributed by atoms with van der Waals surface area (Å²) >= 11 is 0. The first kappa shape index (κ1) is 14.2. The lowest BCUT2D eigenvalue weighted by Crippen LogP contribution is -2.10. The smallest absolute Gasteiger partial charge is 0.384 e. The van der Waals surface area contributed by atoms with Crippen LogP contribution in [0.25, 0.3) is 0 Å². The number of nitrogens with two attached hydrogens (primary N) is 1. The van der Waals surface area contributed by atoms with Gasteiger partial charge in [-0.3, -0.25) is 0 Å². The summed E-state index contributed by atoms with van der Waals surface area (Å²) in [4.78, 5) is 3.86. The highest BCUT2D eigenvalue weighted by Gasteiger charge is 2.31. The minimum absolute atomic E-state index is 0.112. The van der Waals surface area contributed by atoms with Crippen LogP contribution in [0.2, 0.25) is 0 Å². The van der Waals surface area contributed by atoms with E-state index in [0.29, 0.717) is 6.54 Å². The standard InChI is InChI=1S/C14H14F3N3/c1-9-4-2-3-5-10(9)8-19-13-7-11(14(15,16)17)6-12(18)20-13/h2-7H,8H2,1H3,(H3,18,19,20). The summed E-state index contributed by atoms with van der Waals surface area (Å²) in [5.74, 6) is -0.0484. The molecule has 0 saturated heterocycles. The molecule has 0 fully saturated rings. The lowest BCUT2D eigenvalue weighted by atomic mass is 10.1. The number of alkyl halides is 3. The number of hydrogen-bond donors (Lipinski definition) is 2. The SMILES string of the molecule is Cc1ccccc1CNc1cc(C(F)(F)F)cc(N)n1. The maximum Gasteiger partial charge on any atom is 0.416 e. The van der Waals surface area contributed by atoms with Crippen LogP contribution in [0.1, 0.15) is 16.7 Å². The van der Waals surface area contributed by atoms with Crippen LogP contribution in [0.5, 0.6) is 0 Å². The van der Waals surface area contributed by atoms with Gasteiger partial charge >= 0.3 is 6.18 Å². The molecule has 0 radical (unpaired) electrons. The number of aryl methyl sites for hydroxylation is 1. The summed E-state index contributed by atoms with van der Waals surface area (Å²) < 4.78 is 38.0. The molecule has 6 heteroatoms. The monoisotopic (exact) mass is 281 g/mol. The van der Waals surface area contributed by atoms with Gasteiger partial charge in [0.2, 0.25) is 0 Å². The average Bonchev–Trinajstić information content (AvgIpc) is 2.36. The third-order valence-electron chi connectivity index (χ3n) is 2.89. The van der Waals surface area contributed by atoms with Crippen molar-refractivity contribution >= 4 is 11.6 Å². The van der Waals surface area contributed by atoms with E-state index in [-0.39, 0.29) is 11.6 Å². The highest BCUT2D eigenvalue weighted by molar-refractivity contribution is 5.48. The third-order valence-corrected chi connectivity index (χ3v) is 2.89. The summed E-state index contributed by atoms with van der Waals surface area (Å²) in [7, 11) is 0. The Bertz CT molecular complexity index is 609. The lowest BCUT2D eigenvalue weighted by Gasteiger charge is -2.12. The molecule has 2 rings (SSSR count). The number of nitrogens with one attached hydrogen (secondary N) is 1. The van der Waals surface area contributed by atoms with Gasteiger partial charge in [-0.1, -0.05) is 24.3 Å². The van der Waals surface area contributed by atoms with Crippen LogP contribution in [0, 0.1) is 6.92 Å². The van der Waals surface area contributed by atoms with Crippen molar-refractivity contribution in [3.05, 3.63) is 53.1 Å². The fourth-order valence-electron chi connectivity index (χ4n) is 1.80. The quantitative estimate of drug-likeness (QED) is 0.903. The molecule has 0 aliphatic rings. The molecule has 1 aromatic carbocycles. The zero-order valence-corrected chi connectivity index (χ0v) is 10.8. The number of pyridine rings is 1. The summed E-state index contributed by atoms with van der Waals surface area (Å²) in [5.41, 5.74) is 6.64. The summed E-state index contributed by atoms with van der Waals surface area (Å²) in [6, 6.07) is 9.38. The van der Waals surface area contributed by atoms with Gasteiger partial charge in [-0.15, -0.1) is 0 Å². The van der Waals surface area contributed by atoms with E-state index < -0.39 is 11.7 Å². The molecule has 106 valence electrons. The molecule has 0 spiro atoms. The van der Waals surface area contributed by atoms with E-state index in [0.717, 1.165) is 23.3 Å². The van der Waals surface area contributed by atoms with Gasteiger partial charge in [-0.25, -0.2) is 4.98 Å². The van der Waals surface area contributed by atoms with Crippen molar-refractivity contribution in [2.45, 2.75) is 19.6 Å². The van der Waals surface area contributed by atoms with Crippen LogP contribution < -0.4 is 11.1 Å². The second-order valence-corrected chi connectivity index (χ2v) is 4.44. The number of hydrogen-bond acceptors (Lipinski definition) is 3. The van der Waals surface area contributed by atoms with Crippen LogP contribution in [-0.4, -0.2) is 4.98 Å². The number of nitrogens with zero attached hydrogens (tertiary/aromatic N) is 1. The Hall–Kier alpha value is -2.24. The molecular formula is C14H14F3N3. The molecular weight excluding hydrogens is 267 g/mol. The molecule has 0 aliphatic carbocycles. The Morgan fingerprint density at radius 3 is 2.55 bits per heavy atom. The minimum atomic E-state index is -4.43. The first-order valence-electron chi connectivity index (χ1n) is 5.99. The largest absolute Gasteiger partial charge is 0.416 e. The maximum atomic E-state index is 12.7. The Morgan fingerprint density at radius 2 is 1.90 bits per heavy atom. The van der Waals surface area contributed by atoms with E-state index >= 15 is 0 Å². The zero-order chi connectivity index (χ0) is 14.8. The number of rotatable bonds is 3. The van der Waals surface area contributed by atoms with Crippen LogP contribution in [-0.2, 0) is 12.7 Å². The summed E-state index contributed by atoms with van der Waals surface area (Å²) in [6.07, 6.45) is -4.43. The van der Waals surface area contributed by atoms with Gasteiger partial charge in [0.05, 0.1) is 5.56 Å². The van der Waals surface area contributed by atoms with Crippen molar-refractivity contribution in [1.29, 1.82) is 0 Å². The van der Waals surface area contributed by atoms with E-state index in [1.165, 1.54) is 0 Å². The number of anilines is 2. The topological polar surface area (TPSA) is 50.9 Å². The molecule has 0 bridgehead atoms. The Labute approximate surface area is 114 Å². The summed E-state index contributed by atoms with van der Waals surface area (Å²) in [5, 5.41) is 2.86. The highest BCUT2D eigenvalue weighted by atomic mass is 19.4. The predicted molar refractivity (Wildman–Crippen MR) is 72.2 cm³/mol. The summed E-state index contributed by atoms with van der Waals surface area (Å²) in [6.45, 7) is 2.32. The van der Waals surface area contributed by atoms with Gasteiger partial charge in [-0.05, 0) is 30.2 Å². The normalized spacial score (nSPS) is 11.4. The molecule has 0 unspecified atom stereocenters. The third kappa shape index (κ3) is 3.40. The van der Waals surface area contributed by atoms with Gasteiger partial charge < -0.3 is 11.1 Å². The molecule has 0 amide bonds. The number of halogens is 3. The van der Waals surface area contributed by atoms with Gasteiger partial charge in [-0.2, -0.15) is 13.2 Å². The first-order valence-corrected chi connectivity index (χ1v) is 5.99. The van der Waals surface area contributed by atoms with Crippen molar-refractivity contribution in [2.24, 2.45) is 0 Å². The van der Waals surface area contributed by atoms with Crippen LogP contribution in [0.15, 0.2) is 36.4 Å². The fraction of sp³-hybridized carbons (Fsp3) is 0.214. The fourth-order valence-corrected chi connectivity index (χ4v) is 1.80. The Balaban J connectivity index is 2.18. The number of aromatic nitrogens is 1. The van der Waals surface area contributed by atoms with E-state index in [4.69, 9.17) is 5.73 Å². The number of nitrogen functional groups attached to an aromatic ring is 1. The van der Waals surface area contributed by atoms with E-state index in [1.54, 1.807) is 0 Å². The van der Waals surface area contributed by atoms with Crippen LogP contribution in [0.3, 0.4) is 0 Å². The van der Waals surface area contributed by atoms with Gasteiger partial charge in [0, 0.05) is 6.54 Å². The molecule has 2 aromatic rings. The minimum Gasteiger partial charge on any atom is -0.384 e. The van der Waals surface area contributed by atoms with E-state index in [2.05, 4.69) is 10.3 Å². The van der Waals surface area contributed by atoms with Gasteiger partial charge in [0.25, 0.3) is 0 Å². The van der Waals surface area contributed by atoms with E-state index in [9.17, 15) is 13.2 Å². The van der Waals surface area contributed by atoms with Crippen LogP contribution in [0.4, 0.5) is 24.8 Å². The van der Waals surface area contributed by atoms with Crippen molar-refractivity contribution in [1.82, 2.24) is 4.98 Å². The second kappa shape index (κ2) is 5.40. The molecule has 0 atom stereocenters. The van der Waals surface area contributed by atoms with Crippen molar-refractivity contribution in [3.63, 3.8) is 0 Å². The maximum absolute atomic E-state index is 12.7. The second-order valence-electron chi connectivity index (χ2n) is 4.44. The van der Waals surface area contributed by atoms with Crippen molar-refractivity contribution < 1.29 is 13.2 Å². The van der Waals surface area contributed by atoms with Crippen LogP contribution >= 0.6 is 0 Å². The van der Waals surface area contributed by atoms with Crippen molar-refractivity contribution in [3.8, 4) is 0 Å². The highest BCUT2D eigenvalue weighted by Crippen LogP contribution is 2.31. The molecule has 3 nitrogen and oxygen atoms in total. The molecule has 20 heavy (non-hydrogen) atoms. The Morgan fingerprint density at radius 1 is 1.20 bits per heavy atom. The van der Waals surface area contributed by atoms with Gasteiger partial charge in [0.15, 0.2) is 0 Å². The lowest BCUT2D eigenvalue weighted by molar-refractivity contribution is -0.137. The van der Waals surface area contributed by atoms with Crippen molar-refractivity contribution in [2.75, 3.05) is 11.1 Å². The molecule has 3 N–H and O–H groups in total. The first-order chi connectivity index (χ1) is 9.36. The number of benzene rings is 1. The Kier molecular flexibility index (Phi) is 3.83. The average molecular weight is 281 g/mol. The predicted octanol–water partition coefficient (Wildman–Crippen LogP) is 3.60. The molecule has 0 saturated carbocycles. The van der Waals surface area contributed by atoms with E-state index in [1.807, 2.05) is 31.2 Å². The molecule has 1 heterocycles. The zero-order valence-electron chi connectivity index (χ0n) is 10.8. The molecule has 0 aliphatic heterocycles. The molecule has 1 aromatic heterocycles. The van der Waals surface area contributed by atoms with Gasteiger partial charge in [0.1, 0.15) is 11.6 Å².